The molecule has 0 rings (SSSR count). The van der Waals surface area contributed by atoms with Crippen LogP contribution >= 0.6 is 21.4 Å². The molecule has 0 amide bonds. The van der Waals surface area contributed by atoms with Crippen LogP contribution in [0.4, 0.5) is 0 Å². The van der Waals surface area contributed by atoms with Gasteiger partial charge in [-0.15, -0.1) is 0 Å². The van der Waals surface area contributed by atoms with Gasteiger partial charge in [-0.25, -0.2) is 0 Å². The smallest absolute Gasteiger partial charge is 0.374 e. The predicted molar refractivity (Wildman–Crippen MR) is 90.2 cm³/mol. The van der Waals surface area contributed by atoms with Crippen molar-refractivity contribution in [1.29, 1.82) is 0 Å². The molecule has 0 aromatic carbocycles. The highest BCUT2D eigenvalue weighted by Crippen LogP contribution is 2.20. The van der Waals surface area contributed by atoms with Crippen LogP contribution in [0, 0.1) is 0 Å². The summed E-state index contributed by atoms with van der Waals surface area (Å²) in [7, 11) is 2.47. The lowest BCUT2D eigenvalue weighted by Gasteiger charge is -2.28. The van der Waals surface area contributed by atoms with Crippen molar-refractivity contribution in [2.45, 2.75) is 59.4 Å². The molecule has 0 bridgehead atoms. The van der Waals surface area contributed by atoms with Gasteiger partial charge in [0.15, 0.2) is 0 Å². The molecule has 0 aliphatic rings. The maximum absolute atomic E-state index is 9.16. The van der Waals surface area contributed by atoms with Crippen LogP contribution in [0.1, 0.15) is 53.4 Å². The van der Waals surface area contributed by atoms with Gasteiger partial charge in [0.05, 0.1) is 0 Å². The third kappa shape index (κ3) is 18.6. The SMILES string of the molecule is CCCCCC[Si](OCC)(OCC)OCC.O=S(=O)(Cl)Cl. The Balaban J connectivity index is 0. The molecule has 0 heterocycles. The summed E-state index contributed by atoms with van der Waals surface area (Å²) in [5.41, 5.74) is 0. The van der Waals surface area contributed by atoms with Gasteiger partial charge in [-0.05, 0) is 27.2 Å². The zero-order chi connectivity index (χ0) is 16.8. The van der Waals surface area contributed by atoms with E-state index >= 15 is 0 Å². The van der Waals surface area contributed by atoms with Crippen molar-refractivity contribution in [3.8, 4) is 0 Å². The summed E-state index contributed by atoms with van der Waals surface area (Å²) in [6, 6.07) is 0.961. The van der Waals surface area contributed by atoms with Crippen LogP contribution in [0.3, 0.4) is 0 Å². The predicted octanol–water partition coefficient (Wildman–Crippen LogP) is 4.32. The van der Waals surface area contributed by atoms with E-state index in [1.165, 1.54) is 19.3 Å². The van der Waals surface area contributed by atoms with E-state index in [1.807, 2.05) is 20.8 Å². The molecule has 0 saturated heterocycles. The summed E-state index contributed by atoms with van der Waals surface area (Å²) >= 11 is 0. The molecule has 0 unspecified atom stereocenters. The zero-order valence-electron chi connectivity index (χ0n) is 13.4. The van der Waals surface area contributed by atoms with Gasteiger partial charge < -0.3 is 13.3 Å². The molecular weight excluding hydrogens is 355 g/mol. The number of hydrogen-bond acceptors (Lipinski definition) is 5. The van der Waals surface area contributed by atoms with Gasteiger partial charge in [0, 0.05) is 47.2 Å². The van der Waals surface area contributed by atoms with Crippen LogP contribution in [0.2, 0.25) is 6.04 Å². The Morgan fingerprint density at radius 2 is 1.19 bits per heavy atom. The molecule has 0 fully saturated rings. The van der Waals surface area contributed by atoms with Crippen LogP contribution in [0.15, 0.2) is 0 Å². The van der Waals surface area contributed by atoms with Crippen molar-refractivity contribution >= 4 is 38.4 Å². The Kier molecular flexibility index (Phi) is 16.2. The minimum atomic E-state index is -3.72. The number of halogens is 2. The maximum atomic E-state index is 9.16. The monoisotopic (exact) mass is 382 g/mol. The van der Waals surface area contributed by atoms with Gasteiger partial charge >= 0.3 is 17.1 Å². The molecule has 9 heteroatoms. The van der Waals surface area contributed by atoms with Gasteiger partial charge in [-0.2, -0.15) is 8.42 Å². The Bertz CT molecular complexity index is 303. The van der Waals surface area contributed by atoms with E-state index in [0.717, 1.165) is 12.5 Å². The molecule has 0 aliphatic carbocycles. The molecule has 0 saturated carbocycles. The Morgan fingerprint density at radius 3 is 1.48 bits per heavy atom. The van der Waals surface area contributed by atoms with E-state index in [1.54, 1.807) is 0 Å². The molecule has 0 aliphatic heterocycles. The molecule has 0 aromatic heterocycles. The fourth-order valence-corrected chi connectivity index (χ4v) is 4.46. The average Bonchev–Trinajstić information content (AvgIpc) is 2.34. The largest absolute Gasteiger partial charge is 0.500 e. The van der Waals surface area contributed by atoms with Gasteiger partial charge in [-0.1, -0.05) is 26.2 Å². The third-order valence-electron chi connectivity index (χ3n) is 2.43. The van der Waals surface area contributed by atoms with Crippen molar-refractivity contribution in [3.05, 3.63) is 0 Å². The first kappa shape index (κ1) is 23.9. The molecule has 0 atom stereocenters. The first-order valence-corrected chi connectivity index (χ1v) is 12.4. The van der Waals surface area contributed by atoms with Crippen LogP contribution in [0.25, 0.3) is 0 Å². The molecule has 0 aromatic rings. The van der Waals surface area contributed by atoms with Crippen molar-refractivity contribution in [2.75, 3.05) is 19.8 Å². The topological polar surface area (TPSA) is 61.8 Å². The second-order valence-electron chi connectivity index (χ2n) is 4.17. The van der Waals surface area contributed by atoms with Gasteiger partial charge in [-0.3, -0.25) is 0 Å². The van der Waals surface area contributed by atoms with Gasteiger partial charge in [0.2, 0.25) is 0 Å². The van der Waals surface area contributed by atoms with Crippen LogP contribution in [-0.2, 0) is 21.5 Å². The van der Waals surface area contributed by atoms with Crippen molar-refractivity contribution in [1.82, 2.24) is 0 Å². The average molecular weight is 383 g/mol. The van der Waals surface area contributed by atoms with Crippen molar-refractivity contribution in [3.63, 3.8) is 0 Å². The number of unbranched alkanes of at least 4 members (excludes halogenated alkanes) is 3. The van der Waals surface area contributed by atoms with Crippen LogP contribution in [-0.4, -0.2) is 37.0 Å². The highest BCUT2D eigenvalue weighted by molar-refractivity contribution is 8.31. The lowest BCUT2D eigenvalue weighted by atomic mass is 10.2. The van der Waals surface area contributed by atoms with E-state index in [-0.39, 0.29) is 0 Å². The molecule has 21 heavy (non-hydrogen) atoms. The highest BCUT2D eigenvalue weighted by Gasteiger charge is 2.39. The second kappa shape index (κ2) is 14.2. The van der Waals surface area contributed by atoms with E-state index in [9.17, 15) is 0 Å². The minimum absolute atomic E-state index is 0.681. The van der Waals surface area contributed by atoms with E-state index in [2.05, 4.69) is 28.3 Å². The first-order valence-electron chi connectivity index (χ1n) is 7.30. The van der Waals surface area contributed by atoms with Gasteiger partial charge in [0.1, 0.15) is 0 Å². The lowest BCUT2D eigenvalue weighted by Crippen LogP contribution is -2.45. The quantitative estimate of drug-likeness (QED) is 0.302. The Morgan fingerprint density at radius 1 is 0.810 bits per heavy atom. The summed E-state index contributed by atoms with van der Waals surface area (Å²) in [6.07, 6.45) is 4.94. The standard InChI is InChI=1S/C12H28O3Si.Cl2O2S/c1-5-9-10-11-12-16(13-6-2,14-7-3)15-8-4;1-5(2,3)4/h5-12H2,1-4H3;. The number of rotatable bonds is 11. The van der Waals surface area contributed by atoms with Crippen molar-refractivity contribution in [2.24, 2.45) is 0 Å². The molecule has 0 radical (unpaired) electrons. The molecule has 0 spiro atoms. The summed E-state index contributed by atoms with van der Waals surface area (Å²) in [4.78, 5) is 0. The van der Waals surface area contributed by atoms with E-state index in [4.69, 9.17) is 21.7 Å². The number of hydrogen-bond donors (Lipinski definition) is 0. The summed E-state index contributed by atoms with van der Waals surface area (Å²) in [6.45, 7) is 10.3. The molecule has 130 valence electrons. The molecule has 0 N–H and O–H groups in total. The zero-order valence-corrected chi connectivity index (χ0v) is 16.7. The Hall–Kier alpha value is 0.627. The van der Waals surface area contributed by atoms with Crippen molar-refractivity contribution < 1.29 is 21.7 Å². The van der Waals surface area contributed by atoms with E-state index in [0.29, 0.717) is 19.8 Å². The molecule has 5 nitrogen and oxygen atoms in total. The normalized spacial score (nSPS) is 11.9. The maximum Gasteiger partial charge on any atom is 0.500 e. The minimum Gasteiger partial charge on any atom is -0.374 e. The Labute approximate surface area is 139 Å². The molecular formula is C12H28Cl2O5SSi. The highest BCUT2D eigenvalue weighted by atomic mass is 36.0. The second-order valence-corrected chi connectivity index (χ2v) is 10.6. The summed E-state index contributed by atoms with van der Waals surface area (Å²) < 4.78 is 35.7. The summed E-state index contributed by atoms with van der Waals surface area (Å²) in [5, 5.41) is 0. The van der Waals surface area contributed by atoms with E-state index < -0.39 is 17.1 Å². The third-order valence-corrected chi connectivity index (χ3v) is 5.58. The summed E-state index contributed by atoms with van der Waals surface area (Å²) in [5.74, 6) is 0. The van der Waals surface area contributed by atoms with Crippen LogP contribution < -0.4 is 0 Å². The fraction of sp³-hybridized carbons (Fsp3) is 1.00. The fourth-order valence-electron chi connectivity index (χ4n) is 1.77. The first-order chi connectivity index (χ1) is 9.74. The van der Waals surface area contributed by atoms with Gasteiger partial charge in [0.25, 0.3) is 0 Å². The van der Waals surface area contributed by atoms with Crippen LogP contribution in [0.5, 0.6) is 0 Å². The lowest BCUT2D eigenvalue weighted by molar-refractivity contribution is 0.0706.